The molecule has 3 heterocycles. The maximum atomic E-state index is 13.2. The van der Waals surface area contributed by atoms with Gasteiger partial charge in [0.1, 0.15) is 10.9 Å². The number of hydrogen-bond acceptors (Lipinski definition) is 6. The highest BCUT2D eigenvalue weighted by Gasteiger charge is 2.25. The highest BCUT2D eigenvalue weighted by Crippen LogP contribution is 2.37. The van der Waals surface area contributed by atoms with Gasteiger partial charge in [-0.2, -0.15) is 0 Å². The summed E-state index contributed by atoms with van der Waals surface area (Å²) in [5, 5.41) is 19.3. The monoisotopic (exact) mass is 449 g/mol. The number of rotatable bonds is 3. The van der Waals surface area contributed by atoms with Crippen LogP contribution < -0.4 is 5.56 Å². The smallest absolute Gasteiger partial charge is 0.287 e. The van der Waals surface area contributed by atoms with Crippen LogP contribution in [0.1, 0.15) is 42.3 Å². The van der Waals surface area contributed by atoms with Crippen LogP contribution in [0, 0.1) is 12.8 Å². The molecule has 4 aromatic rings. The number of fused-ring (bicyclic) bond motifs is 4. The number of aromatic nitrogens is 3. The van der Waals surface area contributed by atoms with Crippen molar-refractivity contribution in [3.8, 4) is 5.88 Å². The summed E-state index contributed by atoms with van der Waals surface area (Å²) in [6, 6.07) is 4.68. The van der Waals surface area contributed by atoms with E-state index in [4.69, 9.17) is 0 Å². The van der Waals surface area contributed by atoms with Crippen LogP contribution in [-0.2, 0) is 17.6 Å². The van der Waals surface area contributed by atoms with Crippen LogP contribution in [0.15, 0.2) is 39.5 Å². The molecule has 0 spiro atoms. The topological polar surface area (TPSA) is 113 Å². The van der Waals surface area contributed by atoms with Crippen molar-refractivity contribution < 1.29 is 9.90 Å². The molecule has 2 atom stereocenters. The van der Waals surface area contributed by atoms with Crippen LogP contribution in [0.2, 0.25) is 0 Å². The van der Waals surface area contributed by atoms with E-state index in [1.54, 1.807) is 24.3 Å². The van der Waals surface area contributed by atoms with E-state index in [1.807, 2.05) is 19.1 Å². The number of aryl methyl sites for hydroxylation is 2. The predicted octanol–water partition coefficient (Wildman–Crippen LogP) is 4.95. The molecule has 0 saturated carbocycles. The third-order valence-corrected chi connectivity index (χ3v) is 7.42. The van der Waals surface area contributed by atoms with Gasteiger partial charge >= 0.3 is 0 Å². The van der Waals surface area contributed by atoms with Gasteiger partial charge in [-0.1, -0.05) is 25.1 Å². The van der Waals surface area contributed by atoms with Crippen LogP contribution in [0.5, 0.6) is 5.88 Å². The summed E-state index contributed by atoms with van der Waals surface area (Å²) in [6.45, 7) is 5.74. The lowest BCUT2D eigenvalue weighted by Crippen LogP contribution is -2.28. The highest BCUT2D eigenvalue weighted by molar-refractivity contribution is 7.18. The maximum absolute atomic E-state index is 13.2. The Balaban J connectivity index is 1.48. The van der Waals surface area contributed by atoms with Crippen LogP contribution in [0.25, 0.3) is 21.1 Å². The van der Waals surface area contributed by atoms with E-state index in [-0.39, 0.29) is 17.1 Å². The average molecular weight is 450 g/mol. The van der Waals surface area contributed by atoms with E-state index in [1.165, 1.54) is 15.8 Å². The molecule has 0 aliphatic heterocycles. The van der Waals surface area contributed by atoms with E-state index < -0.39 is 11.9 Å². The lowest BCUT2D eigenvalue weighted by atomic mass is 9.89. The number of thiophene rings is 1. The van der Waals surface area contributed by atoms with Crippen LogP contribution in [0.3, 0.4) is 0 Å². The van der Waals surface area contributed by atoms with Crippen LogP contribution in [0.4, 0.5) is 5.69 Å². The van der Waals surface area contributed by atoms with Crippen molar-refractivity contribution in [1.29, 1.82) is 0 Å². The zero-order chi connectivity index (χ0) is 22.6. The molecular weight excluding hydrogens is 426 g/mol. The number of carbonyl (C=O) groups excluding carboxylic acids is 1. The number of azo groups is 1. The largest absolute Gasteiger partial charge is 0.493 e. The van der Waals surface area contributed by atoms with E-state index >= 15 is 0 Å². The first-order chi connectivity index (χ1) is 15.3. The summed E-state index contributed by atoms with van der Waals surface area (Å²) >= 11 is 1.58. The van der Waals surface area contributed by atoms with E-state index in [2.05, 4.69) is 27.1 Å². The number of H-pyrrole nitrogens is 1. The minimum Gasteiger partial charge on any atom is -0.493 e. The Bertz CT molecular complexity index is 1460. The number of aromatic hydroxyl groups is 1. The molecule has 0 radical (unpaired) electrons. The molecule has 1 aromatic carbocycles. The molecule has 3 aromatic heterocycles. The number of hydrogen-bond donors (Lipinski definition) is 2. The van der Waals surface area contributed by atoms with Gasteiger partial charge < -0.3 is 10.1 Å². The number of nitrogens with zero attached hydrogens (tertiary/aromatic N) is 4. The number of para-hydroxylation sites is 1. The third kappa shape index (κ3) is 3.24. The fraction of sp³-hybridized carbons (Fsp3) is 0.348. The molecule has 2 unspecified atom stereocenters. The molecule has 164 valence electrons. The second kappa shape index (κ2) is 7.67. The minimum absolute atomic E-state index is 0.155. The molecule has 2 N–H and O–H groups in total. The van der Waals surface area contributed by atoms with E-state index in [9.17, 15) is 14.7 Å². The third-order valence-electron chi connectivity index (χ3n) is 6.26. The Morgan fingerprint density at radius 1 is 1.41 bits per heavy atom. The van der Waals surface area contributed by atoms with Crippen LogP contribution >= 0.6 is 11.3 Å². The number of amides is 1. The summed E-state index contributed by atoms with van der Waals surface area (Å²) in [4.78, 5) is 35.3. The summed E-state index contributed by atoms with van der Waals surface area (Å²) < 4.78 is 1.33. The van der Waals surface area contributed by atoms with Gasteiger partial charge in [-0.3, -0.25) is 14.2 Å². The molecule has 1 amide bonds. The van der Waals surface area contributed by atoms with E-state index in [0.29, 0.717) is 16.7 Å². The summed E-state index contributed by atoms with van der Waals surface area (Å²) in [5.41, 5.74) is 2.74. The zero-order valence-corrected chi connectivity index (χ0v) is 18.9. The molecular formula is C23H23N5O3S. The Hall–Kier alpha value is -3.33. The predicted molar refractivity (Wildman–Crippen MR) is 124 cm³/mol. The van der Waals surface area contributed by atoms with Crippen molar-refractivity contribution >= 4 is 44.1 Å². The van der Waals surface area contributed by atoms with Gasteiger partial charge in [0.05, 0.1) is 17.2 Å². The highest BCUT2D eigenvalue weighted by atomic mass is 32.1. The summed E-state index contributed by atoms with van der Waals surface area (Å²) in [5.74, 6) is -0.145. The van der Waals surface area contributed by atoms with Crippen LogP contribution in [-0.4, -0.2) is 25.5 Å². The first-order valence-corrected chi connectivity index (χ1v) is 11.4. The van der Waals surface area contributed by atoms with Crippen molar-refractivity contribution in [1.82, 2.24) is 14.5 Å². The van der Waals surface area contributed by atoms with Crippen molar-refractivity contribution in [3.63, 3.8) is 0 Å². The maximum Gasteiger partial charge on any atom is 0.287 e. The van der Waals surface area contributed by atoms with Gasteiger partial charge in [0.25, 0.3) is 11.5 Å². The fourth-order valence-corrected chi connectivity index (χ4v) is 5.70. The minimum atomic E-state index is -0.865. The van der Waals surface area contributed by atoms with Crippen molar-refractivity contribution in [3.05, 3.63) is 50.9 Å². The van der Waals surface area contributed by atoms with Crippen molar-refractivity contribution in [2.75, 3.05) is 0 Å². The number of aromatic amines is 1. The first-order valence-electron chi connectivity index (χ1n) is 10.6. The van der Waals surface area contributed by atoms with E-state index in [0.717, 1.165) is 40.7 Å². The number of nitrogens with one attached hydrogen (secondary N) is 1. The van der Waals surface area contributed by atoms with Gasteiger partial charge in [0.2, 0.25) is 5.88 Å². The summed E-state index contributed by atoms with van der Waals surface area (Å²) in [7, 11) is 0. The van der Waals surface area contributed by atoms with Crippen molar-refractivity contribution in [2.45, 2.75) is 46.1 Å². The molecule has 0 fully saturated rings. The number of carbonyl (C=O) groups is 1. The average Bonchev–Trinajstić information content (AvgIpc) is 3.29. The molecule has 5 rings (SSSR count). The molecule has 32 heavy (non-hydrogen) atoms. The lowest BCUT2D eigenvalue weighted by molar-refractivity contribution is -0.121. The second-order valence-electron chi connectivity index (χ2n) is 8.52. The Kier molecular flexibility index (Phi) is 4.93. The zero-order valence-electron chi connectivity index (χ0n) is 18.0. The lowest BCUT2D eigenvalue weighted by Gasteiger charge is -2.17. The molecule has 1 aliphatic rings. The molecule has 9 heteroatoms. The first kappa shape index (κ1) is 20.6. The van der Waals surface area contributed by atoms with Gasteiger partial charge in [-0.25, -0.2) is 4.98 Å². The Morgan fingerprint density at radius 2 is 2.22 bits per heavy atom. The summed E-state index contributed by atoms with van der Waals surface area (Å²) in [6.07, 6.45) is 4.29. The second-order valence-corrected chi connectivity index (χ2v) is 9.61. The molecule has 8 nitrogen and oxygen atoms in total. The normalized spacial score (nSPS) is 17.3. The molecule has 0 bridgehead atoms. The van der Waals surface area contributed by atoms with Gasteiger partial charge in [0.15, 0.2) is 5.69 Å². The number of benzene rings is 1. The SMILES string of the molecule is Cc1cccc2c(N=NC(=O)C(C)n3cnc4sc5c(c4c3=O)CCC(C)C5)c(O)[nH]c12. The Labute approximate surface area is 187 Å². The van der Waals surface area contributed by atoms with Gasteiger partial charge in [-0.05, 0) is 50.2 Å². The van der Waals surface area contributed by atoms with Gasteiger partial charge in [-0.15, -0.1) is 21.6 Å². The van der Waals surface area contributed by atoms with Crippen molar-refractivity contribution in [2.24, 2.45) is 16.1 Å². The van der Waals surface area contributed by atoms with Gasteiger partial charge in [0, 0.05) is 10.3 Å². The fourth-order valence-electron chi connectivity index (χ4n) is 4.36. The molecule has 0 saturated heterocycles. The molecule has 1 aliphatic carbocycles. The Morgan fingerprint density at radius 3 is 3.03 bits per heavy atom. The quantitative estimate of drug-likeness (QED) is 0.431. The standard InChI is InChI=1S/C23H23N5O3S/c1-11-7-8-14-16(9-11)32-22-17(14)23(31)28(10-24-22)13(3)20(29)27-26-19-15-6-4-5-12(2)18(15)25-21(19)30/h4-6,10-11,13,25,30H,7-9H2,1-3H3.